The number of nitrogens with one attached hydrogen (secondary N) is 1. The third kappa shape index (κ3) is 2.68. The van der Waals surface area contributed by atoms with Crippen LogP contribution in [0.15, 0.2) is 0 Å². The van der Waals surface area contributed by atoms with Gasteiger partial charge in [-0.25, -0.2) is 0 Å². The average Bonchev–Trinajstić information content (AvgIpc) is 2.26. The average molecular weight is 253 g/mol. The van der Waals surface area contributed by atoms with E-state index in [2.05, 4.69) is 11.6 Å². The lowest BCUT2D eigenvalue weighted by molar-refractivity contribution is -0.0195. The van der Waals surface area contributed by atoms with Gasteiger partial charge in [-0.05, 0) is 87.7 Å². The monoisotopic (exact) mass is 253 g/mol. The molecular weight excluding hydrogens is 226 g/mol. The molecule has 0 aromatic rings. The SMILES string of the molecule is CSCCCCNC12CC3CC(CC(C3)C1)C2. The van der Waals surface area contributed by atoms with Crippen LogP contribution < -0.4 is 5.32 Å². The van der Waals surface area contributed by atoms with Gasteiger partial charge in [0, 0.05) is 5.54 Å². The highest BCUT2D eigenvalue weighted by atomic mass is 32.2. The molecule has 1 N–H and O–H groups in total. The summed E-state index contributed by atoms with van der Waals surface area (Å²) in [6.07, 6.45) is 14.2. The molecule has 4 fully saturated rings. The number of hydrogen-bond acceptors (Lipinski definition) is 2. The van der Waals surface area contributed by atoms with Gasteiger partial charge in [0.2, 0.25) is 0 Å². The molecule has 4 aliphatic carbocycles. The van der Waals surface area contributed by atoms with E-state index in [1.807, 2.05) is 11.8 Å². The van der Waals surface area contributed by atoms with Crippen LogP contribution in [0.5, 0.6) is 0 Å². The first-order chi connectivity index (χ1) is 8.30. The molecule has 4 aliphatic rings. The Bertz CT molecular complexity index is 228. The molecule has 17 heavy (non-hydrogen) atoms. The molecule has 4 saturated carbocycles. The van der Waals surface area contributed by atoms with E-state index in [1.54, 1.807) is 19.3 Å². The van der Waals surface area contributed by atoms with Gasteiger partial charge in [-0.2, -0.15) is 11.8 Å². The fraction of sp³-hybridized carbons (Fsp3) is 1.00. The molecule has 1 nitrogen and oxygen atoms in total. The van der Waals surface area contributed by atoms with Crippen LogP contribution in [0.1, 0.15) is 51.4 Å². The summed E-state index contributed by atoms with van der Waals surface area (Å²) in [6, 6.07) is 0. The highest BCUT2D eigenvalue weighted by molar-refractivity contribution is 7.98. The van der Waals surface area contributed by atoms with Gasteiger partial charge >= 0.3 is 0 Å². The fourth-order valence-electron chi connectivity index (χ4n) is 5.05. The summed E-state index contributed by atoms with van der Waals surface area (Å²) in [5, 5.41) is 3.98. The van der Waals surface area contributed by atoms with Gasteiger partial charge < -0.3 is 5.32 Å². The molecule has 0 aromatic heterocycles. The molecule has 0 atom stereocenters. The fourth-order valence-corrected chi connectivity index (χ4v) is 5.54. The van der Waals surface area contributed by atoms with Crippen molar-refractivity contribution in [3.8, 4) is 0 Å². The van der Waals surface area contributed by atoms with Gasteiger partial charge in [0.1, 0.15) is 0 Å². The second-order valence-corrected chi connectivity index (χ2v) is 7.81. The molecule has 0 radical (unpaired) electrons. The molecule has 4 bridgehead atoms. The molecule has 0 heterocycles. The minimum atomic E-state index is 0.591. The molecule has 0 amide bonds. The van der Waals surface area contributed by atoms with E-state index < -0.39 is 0 Å². The highest BCUT2D eigenvalue weighted by Gasteiger charge is 2.50. The van der Waals surface area contributed by atoms with E-state index in [-0.39, 0.29) is 0 Å². The summed E-state index contributed by atoms with van der Waals surface area (Å²) < 4.78 is 0. The smallest absolute Gasteiger partial charge is 0.0189 e. The topological polar surface area (TPSA) is 12.0 Å². The summed E-state index contributed by atoms with van der Waals surface area (Å²) in [4.78, 5) is 0. The lowest BCUT2D eigenvalue weighted by Crippen LogP contribution is -2.58. The molecule has 0 aromatic carbocycles. The van der Waals surface area contributed by atoms with E-state index in [9.17, 15) is 0 Å². The number of rotatable bonds is 6. The number of thioether (sulfide) groups is 1. The summed E-state index contributed by atoms with van der Waals surface area (Å²) in [5.74, 6) is 4.59. The Hall–Kier alpha value is 0.310. The quantitative estimate of drug-likeness (QED) is 0.725. The van der Waals surface area contributed by atoms with Gasteiger partial charge in [0.15, 0.2) is 0 Å². The van der Waals surface area contributed by atoms with Crippen LogP contribution in [-0.2, 0) is 0 Å². The van der Waals surface area contributed by atoms with E-state index in [1.165, 1.54) is 44.4 Å². The second kappa shape index (κ2) is 5.13. The molecule has 0 saturated heterocycles. The first-order valence-corrected chi connectivity index (χ1v) is 8.93. The zero-order valence-corrected chi connectivity index (χ0v) is 12.0. The Labute approximate surface area is 111 Å². The van der Waals surface area contributed by atoms with Crippen LogP contribution in [0.3, 0.4) is 0 Å². The largest absolute Gasteiger partial charge is 0.311 e. The van der Waals surface area contributed by atoms with Gasteiger partial charge in [-0.15, -0.1) is 0 Å². The van der Waals surface area contributed by atoms with Crippen molar-refractivity contribution >= 4 is 11.8 Å². The third-order valence-corrected chi connectivity index (χ3v) is 6.01. The van der Waals surface area contributed by atoms with Gasteiger partial charge in [-0.1, -0.05) is 0 Å². The normalized spacial score (nSPS) is 43.2. The number of unbranched alkanes of at least 4 members (excludes halogenated alkanes) is 1. The molecule has 0 spiro atoms. The van der Waals surface area contributed by atoms with E-state index in [4.69, 9.17) is 0 Å². The van der Waals surface area contributed by atoms with Crippen LogP contribution in [0.4, 0.5) is 0 Å². The van der Waals surface area contributed by atoms with E-state index >= 15 is 0 Å². The molecule has 98 valence electrons. The molecule has 0 unspecified atom stereocenters. The van der Waals surface area contributed by atoms with Crippen molar-refractivity contribution in [2.24, 2.45) is 17.8 Å². The first-order valence-electron chi connectivity index (χ1n) is 7.54. The summed E-state index contributed by atoms with van der Waals surface area (Å²) in [7, 11) is 0. The summed E-state index contributed by atoms with van der Waals surface area (Å²) >= 11 is 1.98. The Kier molecular flexibility index (Phi) is 3.72. The second-order valence-electron chi connectivity index (χ2n) is 6.82. The summed E-state index contributed by atoms with van der Waals surface area (Å²) in [5.41, 5.74) is 0.591. The predicted molar refractivity (Wildman–Crippen MR) is 76.5 cm³/mol. The van der Waals surface area contributed by atoms with Crippen LogP contribution in [0.2, 0.25) is 0 Å². The maximum Gasteiger partial charge on any atom is 0.0189 e. The maximum absolute atomic E-state index is 3.98. The zero-order chi connectivity index (χ0) is 11.7. The van der Waals surface area contributed by atoms with E-state index in [0.717, 1.165) is 17.8 Å². The van der Waals surface area contributed by atoms with Crippen molar-refractivity contribution < 1.29 is 0 Å². The third-order valence-electron chi connectivity index (χ3n) is 5.31. The minimum absolute atomic E-state index is 0.591. The predicted octanol–water partition coefficient (Wildman–Crippen LogP) is 3.69. The van der Waals surface area contributed by atoms with Crippen LogP contribution in [0.25, 0.3) is 0 Å². The lowest BCUT2D eigenvalue weighted by atomic mass is 9.53. The van der Waals surface area contributed by atoms with Crippen LogP contribution in [0, 0.1) is 17.8 Å². The van der Waals surface area contributed by atoms with Crippen LogP contribution in [-0.4, -0.2) is 24.1 Å². The standard InChI is InChI=1S/C15H27NS/c1-17-5-3-2-4-16-15-9-12-6-13(10-15)8-14(7-12)11-15/h12-14,16H,2-11H2,1H3. The van der Waals surface area contributed by atoms with Gasteiger partial charge in [-0.3, -0.25) is 0 Å². The minimum Gasteiger partial charge on any atom is -0.311 e. The van der Waals surface area contributed by atoms with Crippen molar-refractivity contribution in [2.75, 3.05) is 18.6 Å². The molecule has 2 heteroatoms. The lowest BCUT2D eigenvalue weighted by Gasteiger charge is -2.57. The molecular formula is C15H27NS. The molecule has 0 aliphatic heterocycles. The Morgan fingerprint density at radius 2 is 1.59 bits per heavy atom. The zero-order valence-electron chi connectivity index (χ0n) is 11.2. The van der Waals surface area contributed by atoms with Crippen molar-refractivity contribution in [1.82, 2.24) is 5.32 Å². The maximum atomic E-state index is 3.98. The van der Waals surface area contributed by atoms with Gasteiger partial charge in [0.05, 0.1) is 0 Å². The van der Waals surface area contributed by atoms with Gasteiger partial charge in [0.25, 0.3) is 0 Å². The summed E-state index contributed by atoms with van der Waals surface area (Å²) in [6.45, 7) is 1.27. The van der Waals surface area contributed by atoms with E-state index in [0.29, 0.717) is 5.54 Å². The number of hydrogen-bond donors (Lipinski definition) is 1. The Balaban J connectivity index is 1.49. The first kappa shape index (κ1) is 12.3. The van der Waals surface area contributed by atoms with Crippen molar-refractivity contribution in [3.05, 3.63) is 0 Å². The van der Waals surface area contributed by atoms with Crippen LogP contribution >= 0.6 is 11.8 Å². The highest BCUT2D eigenvalue weighted by Crippen LogP contribution is 2.55. The van der Waals surface area contributed by atoms with Crippen molar-refractivity contribution in [2.45, 2.75) is 56.9 Å². The Morgan fingerprint density at radius 3 is 2.12 bits per heavy atom. The molecule has 4 rings (SSSR count). The van der Waals surface area contributed by atoms with Crippen molar-refractivity contribution in [3.63, 3.8) is 0 Å². The van der Waals surface area contributed by atoms with Crippen molar-refractivity contribution in [1.29, 1.82) is 0 Å². The Morgan fingerprint density at radius 1 is 1.00 bits per heavy atom.